The molecule has 1 atom stereocenters. The second-order valence-corrected chi connectivity index (χ2v) is 2.74. The minimum absolute atomic E-state index is 0.141. The van der Waals surface area contributed by atoms with Crippen LogP contribution in [0.15, 0.2) is 10.7 Å². The van der Waals surface area contributed by atoms with Crippen LogP contribution in [0.2, 0.25) is 0 Å². The van der Waals surface area contributed by atoms with Gasteiger partial charge in [-0.1, -0.05) is 6.92 Å². The van der Waals surface area contributed by atoms with Crippen LogP contribution in [0.1, 0.15) is 35.6 Å². The fourth-order valence-corrected chi connectivity index (χ4v) is 1.02. The molecule has 0 fully saturated rings. The Kier molecular flexibility index (Phi) is 3.39. The largest absolute Gasteiger partial charge is 0.464 e. The van der Waals surface area contributed by atoms with Crippen LogP contribution >= 0.6 is 0 Å². The second-order valence-electron chi connectivity index (χ2n) is 2.74. The van der Waals surface area contributed by atoms with Gasteiger partial charge in [-0.3, -0.25) is 0 Å². The van der Waals surface area contributed by atoms with Crippen molar-refractivity contribution in [3.63, 3.8) is 0 Å². The maximum absolute atomic E-state index is 11.0. The van der Waals surface area contributed by atoms with Crippen molar-refractivity contribution in [2.75, 3.05) is 7.11 Å². The Morgan fingerprint density at radius 1 is 1.86 bits per heavy atom. The molecule has 1 rings (SSSR count). The summed E-state index contributed by atoms with van der Waals surface area (Å²) in [6, 6.07) is 0. The Hall–Kier alpha value is -1.65. The molecule has 0 aliphatic carbocycles. The number of methoxy groups -OCH3 is 1. The van der Waals surface area contributed by atoms with Crippen molar-refractivity contribution < 1.29 is 13.9 Å². The van der Waals surface area contributed by atoms with Gasteiger partial charge in [0.15, 0.2) is 5.69 Å². The molecule has 0 aliphatic heterocycles. The first-order chi connectivity index (χ1) is 6.72. The van der Waals surface area contributed by atoms with Crippen LogP contribution in [0.4, 0.5) is 0 Å². The lowest BCUT2D eigenvalue weighted by Gasteiger charge is -2.00. The zero-order valence-electron chi connectivity index (χ0n) is 8.11. The average molecular weight is 196 g/mol. The van der Waals surface area contributed by atoms with Crippen molar-refractivity contribution in [1.29, 1.82) is 5.41 Å². The summed E-state index contributed by atoms with van der Waals surface area (Å²) in [6.07, 6.45) is 3.20. The molecule has 14 heavy (non-hydrogen) atoms. The standard InChI is InChI=1S/C9H12N2O3/c1-3-6(4-10)8-11-7(5-14-8)9(12)13-2/h4-6,10H,3H2,1-2H3/t6-/m1/s1. The van der Waals surface area contributed by atoms with E-state index in [2.05, 4.69) is 9.72 Å². The Labute approximate surface area is 81.6 Å². The molecule has 0 aliphatic rings. The zero-order valence-corrected chi connectivity index (χ0v) is 8.11. The van der Waals surface area contributed by atoms with Gasteiger partial charge in [0, 0.05) is 6.21 Å². The van der Waals surface area contributed by atoms with E-state index in [-0.39, 0.29) is 11.6 Å². The van der Waals surface area contributed by atoms with Crippen LogP contribution in [-0.4, -0.2) is 24.3 Å². The molecule has 0 unspecified atom stereocenters. The minimum atomic E-state index is -0.528. The van der Waals surface area contributed by atoms with Crippen molar-refractivity contribution >= 4 is 12.2 Å². The molecule has 0 amide bonds. The fourth-order valence-electron chi connectivity index (χ4n) is 1.02. The summed E-state index contributed by atoms with van der Waals surface area (Å²) in [5.41, 5.74) is 0.141. The van der Waals surface area contributed by atoms with E-state index in [0.717, 1.165) is 0 Å². The van der Waals surface area contributed by atoms with Crippen LogP contribution in [0.3, 0.4) is 0 Å². The summed E-state index contributed by atoms with van der Waals surface area (Å²) in [7, 11) is 1.28. The lowest BCUT2D eigenvalue weighted by Crippen LogP contribution is -2.03. The van der Waals surface area contributed by atoms with E-state index in [0.29, 0.717) is 12.3 Å². The smallest absolute Gasteiger partial charge is 0.360 e. The lowest BCUT2D eigenvalue weighted by atomic mass is 10.1. The van der Waals surface area contributed by atoms with E-state index < -0.39 is 5.97 Å². The fraction of sp³-hybridized carbons (Fsp3) is 0.444. The summed E-state index contributed by atoms with van der Waals surface area (Å²) in [4.78, 5) is 15.0. The van der Waals surface area contributed by atoms with Gasteiger partial charge in [0.05, 0.1) is 13.0 Å². The molecule has 76 valence electrons. The molecule has 0 bridgehead atoms. The Balaban J connectivity index is 2.86. The average Bonchev–Trinajstić information content (AvgIpc) is 2.68. The van der Waals surface area contributed by atoms with Crippen molar-refractivity contribution in [1.82, 2.24) is 4.98 Å². The first-order valence-corrected chi connectivity index (χ1v) is 4.27. The molecular formula is C9H12N2O3. The zero-order chi connectivity index (χ0) is 10.6. The maximum atomic E-state index is 11.0. The van der Waals surface area contributed by atoms with Crippen molar-refractivity contribution in [3.8, 4) is 0 Å². The van der Waals surface area contributed by atoms with Crippen LogP contribution in [0.25, 0.3) is 0 Å². The van der Waals surface area contributed by atoms with Gasteiger partial charge in [-0.15, -0.1) is 0 Å². The van der Waals surface area contributed by atoms with Gasteiger partial charge < -0.3 is 14.6 Å². The number of hydrogen-bond donors (Lipinski definition) is 1. The van der Waals surface area contributed by atoms with E-state index in [1.807, 2.05) is 6.92 Å². The quantitative estimate of drug-likeness (QED) is 0.586. The molecule has 0 spiro atoms. The highest BCUT2D eigenvalue weighted by Crippen LogP contribution is 2.16. The van der Waals surface area contributed by atoms with Crippen LogP contribution in [0.5, 0.6) is 0 Å². The van der Waals surface area contributed by atoms with E-state index in [4.69, 9.17) is 9.83 Å². The Morgan fingerprint density at radius 3 is 3.07 bits per heavy atom. The van der Waals surface area contributed by atoms with Gasteiger partial charge in [0.1, 0.15) is 6.26 Å². The third-order valence-corrected chi connectivity index (χ3v) is 1.87. The molecule has 5 heteroatoms. The number of nitrogens with one attached hydrogen (secondary N) is 1. The molecular weight excluding hydrogens is 184 g/mol. The van der Waals surface area contributed by atoms with Gasteiger partial charge in [-0.2, -0.15) is 0 Å². The van der Waals surface area contributed by atoms with Crippen molar-refractivity contribution in [2.45, 2.75) is 19.3 Å². The summed E-state index contributed by atoms with van der Waals surface area (Å²) >= 11 is 0. The lowest BCUT2D eigenvalue weighted by molar-refractivity contribution is 0.0594. The van der Waals surface area contributed by atoms with Gasteiger partial charge in [-0.05, 0) is 6.42 Å². The first-order valence-electron chi connectivity index (χ1n) is 4.27. The van der Waals surface area contributed by atoms with Crippen LogP contribution in [-0.2, 0) is 4.74 Å². The molecule has 1 aromatic heterocycles. The van der Waals surface area contributed by atoms with E-state index in [1.165, 1.54) is 19.6 Å². The highest BCUT2D eigenvalue weighted by molar-refractivity contribution is 5.86. The number of nitrogens with zero attached hydrogens (tertiary/aromatic N) is 1. The maximum Gasteiger partial charge on any atom is 0.360 e. The van der Waals surface area contributed by atoms with Crippen LogP contribution < -0.4 is 0 Å². The topological polar surface area (TPSA) is 76.2 Å². The number of carbonyl (C=O) groups excluding carboxylic acids is 1. The SMILES string of the molecule is CC[C@H](C=N)c1nc(C(=O)OC)co1. The highest BCUT2D eigenvalue weighted by atomic mass is 16.5. The molecule has 0 aromatic carbocycles. The van der Waals surface area contributed by atoms with E-state index in [9.17, 15) is 4.79 Å². The monoisotopic (exact) mass is 196 g/mol. The number of hydrogen-bond acceptors (Lipinski definition) is 5. The molecule has 1 N–H and O–H groups in total. The van der Waals surface area contributed by atoms with Gasteiger partial charge in [0.25, 0.3) is 0 Å². The summed E-state index contributed by atoms with van der Waals surface area (Å²) in [5.74, 6) is -0.323. The molecule has 1 aromatic rings. The van der Waals surface area contributed by atoms with Crippen LogP contribution in [0, 0.1) is 5.41 Å². The number of esters is 1. The molecule has 0 radical (unpaired) electrons. The van der Waals surface area contributed by atoms with Gasteiger partial charge in [-0.25, -0.2) is 9.78 Å². The minimum Gasteiger partial charge on any atom is -0.464 e. The Bertz CT molecular complexity index is 333. The number of oxazole rings is 1. The summed E-state index contributed by atoms with van der Waals surface area (Å²) in [6.45, 7) is 1.91. The summed E-state index contributed by atoms with van der Waals surface area (Å²) < 4.78 is 9.55. The third kappa shape index (κ3) is 1.99. The number of ether oxygens (including phenoxy) is 1. The van der Waals surface area contributed by atoms with Gasteiger partial charge >= 0.3 is 5.97 Å². The molecule has 0 saturated carbocycles. The van der Waals surface area contributed by atoms with E-state index in [1.54, 1.807) is 0 Å². The number of aromatic nitrogens is 1. The van der Waals surface area contributed by atoms with Gasteiger partial charge in [0.2, 0.25) is 5.89 Å². The third-order valence-electron chi connectivity index (χ3n) is 1.87. The van der Waals surface area contributed by atoms with Crippen molar-refractivity contribution in [3.05, 3.63) is 17.8 Å². The molecule has 0 saturated heterocycles. The number of carbonyl (C=O) groups is 1. The molecule has 1 heterocycles. The number of rotatable bonds is 4. The first kappa shape index (κ1) is 10.4. The second kappa shape index (κ2) is 4.55. The predicted molar refractivity (Wildman–Crippen MR) is 49.7 cm³/mol. The predicted octanol–water partition coefficient (Wildman–Crippen LogP) is 1.60. The highest BCUT2D eigenvalue weighted by Gasteiger charge is 2.16. The normalized spacial score (nSPS) is 12.1. The van der Waals surface area contributed by atoms with E-state index >= 15 is 0 Å². The summed E-state index contributed by atoms with van der Waals surface area (Å²) in [5, 5.41) is 7.12. The Morgan fingerprint density at radius 2 is 2.57 bits per heavy atom. The molecule has 5 nitrogen and oxygen atoms in total. The van der Waals surface area contributed by atoms with Crippen molar-refractivity contribution in [2.24, 2.45) is 0 Å².